The van der Waals surface area contributed by atoms with Gasteiger partial charge >= 0.3 is 0 Å². The number of rotatable bonds is 2. The van der Waals surface area contributed by atoms with Crippen LogP contribution in [0.4, 0.5) is 0 Å². The van der Waals surface area contributed by atoms with E-state index in [4.69, 9.17) is 11.6 Å². The first-order chi connectivity index (χ1) is 8.58. The smallest absolute Gasteiger partial charge is 0.0348 e. The van der Waals surface area contributed by atoms with Crippen molar-refractivity contribution in [2.24, 2.45) is 5.92 Å². The van der Waals surface area contributed by atoms with Gasteiger partial charge in [0.05, 0.1) is 0 Å². The largest absolute Gasteiger partial charge is 0.123 e. The van der Waals surface area contributed by atoms with E-state index in [1.807, 2.05) is 0 Å². The molecule has 0 saturated carbocycles. The van der Waals surface area contributed by atoms with Crippen LogP contribution in [-0.2, 0) is 17.3 Å². The maximum Gasteiger partial charge on any atom is 0.0348 e. The van der Waals surface area contributed by atoms with Crippen molar-refractivity contribution in [3.63, 3.8) is 0 Å². The number of hydrogen-bond acceptors (Lipinski definition) is 0. The monoisotopic (exact) mass is 278 g/mol. The van der Waals surface area contributed by atoms with E-state index in [0.29, 0.717) is 5.92 Å². The van der Waals surface area contributed by atoms with Gasteiger partial charge in [-0.1, -0.05) is 46.8 Å². The van der Waals surface area contributed by atoms with Crippen LogP contribution in [0.3, 0.4) is 0 Å². The molecule has 0 saturated heterocycles. The Morgan fingerprint density at radius 1 is 1.11 bits per heavy atom. The molecule has 2 atom stereocenters. The van der Waals surface area contributed by atoms with Gasteiger partial charge in [-0.15, -0.1) is 11.6 Å². The topological polar surface area (TPSA) is 0 Å². The van der Waals surface area contributed by atoms with E-state index < -0.39 is 0 Å². The summed E-state index contributed by atoms with van der Waals surface area (Å²) in [5.74, 6) is 0.651. The van der Waals surface area contributed by atoms with Crippen molar-refractivity contribution in [2.45, 2.75) is 71.1 Å². The third-order valence-electron chi connectivity index (χ3n) is 5.53. The molecule has 1 aromatic carbocycles. The lowest BCUT2D eigenvalue weighted by Gasteiger charge is -2.32. The van der Waals surface area contributed by atoms with Gasteiger partial charge in [0.25, 0.3) is 0 Å². The standard InChI is InChI=1S/C18H27Cl/c1-11-8-15-16(10-14(11)9-12(2)19)18(6,7)13(3)17(15,4)5/h8,10,12-13H,9H2,1-7H3. The third-order valence-corrected chi connectivity index (χ3v) is 5.69. The molecule has 0 aromatic heterocycles. The highest BCUT2D eigenvalue weighted by Crippen LogP contribution is 2.54. The van der Waals surface area contributed by atoms with E-state index >= 15 is 0 Å². The molecule has 0 nitrogen and oxygen atoms in total. The Bertz CT molecular complexity index is 495. The minimum absolute atomic E-state index is 0.201. The second-order valence-electron chi connectivity index (χ2n) is 7.47. The molecule has 0 N–H and O–H groups in total. The zero-order valence-corrected chi connectivity index (χ0v) is 14.2. The van der Waals surface area contributed by atoms with Gasteiger partial charge in [-0.05, 0) is 59.3 Å². The molecule has 1 heteroatoms. The number of alkyl halides is 1. The number of fused-ring (bicyclic) bond motifs is 1. The number of halogens is 1. The Morgan fingerprint density at radius 2 is 1.58 bits per heavy atom. The lowest BCUT2D eigenvalue weighted by molar-refractivity contribution is 0.264. The predicted octanol–water partition coefficient (Wildman–Crippen LogP) is 5.37. The molecule has 2 unspecified atom stereocenters. The van der Waals surface area contributed by atoms with Gasteiger partial charge in [-0.25, -0.2) is 0 Å². The summed E-state index contributed by atoms with van der Waals surface area (Å²) in [6, 6.07) is 4.84. The minimum Gasteiger partial charge on any atom is -0.123 e. The average Bonchev–Trinajstić information content (AvgIpc) is 2.39. The van der Waals surface area contributed by atoms with Gasteiger partial charge in [-0.2, -0.15) is 0 Å². The molecule has 1 aliphatic rings. The Hall–Kier alpha value is -0.490. The maximum atomic E-state index is 6.19. The van der Waals surface area contributed by atoms with Gasteiger partial charge in [-0.3, -0.25) is 0 Å². The van der Waals surface area contributed by atoms with Crippen LogP contribution < -0.4 is 0 Å². The van der Waals surface area contributed by atoms with E-state index in [9.17, 15) is 0 Å². The second-order valence-corrected chi connectivity index (χ2v) is 8.22. The van der Waals surface area contributed by atoms with Crippen molar-refractivity contribution in [3.8, 4) is 0 Å². The molecule has 106 valence electrons. The number of benzene rings is 1. The van der Waals surface area contributed by atoms with E-state index in [0.717, 1.165) is 6.42 Å². The summed E-state index contributed by atoms with van der Waals surface area (Å²) < 4.78 is 0. The van der Waals surface area contributed by atoms with Crippen LogP contribution in [0.2, 0.25) is 0 Å². The molecule has 0 bridgehead atoms. The Kier molecular flexibility index (Phi) is 3.54. The quantitative estimate of drug-likeness (QED) is 0.638. The molecule has 0 amide bonds. The van der Waals surface area contributed by atoms with Gasteiger partial charge in [0.1, 0.15) is 0 Å². The van der Waals surface area contributed by atoms with Crippen LogP contribution in [0.25, 0.3) is 0 Å². The van der Waals surface area contributed by atoms with E-state index in [1.54, 1.807) is 0 Å². The molecule has 0 spiro atoms. The van der Waals surface area contributed by atoms with Crippen molar-refractivity contribution >= 4 is 11.6 Å². The molecule has 0 radical (unpaired) electrons. The summed E-state index contributed by atoms with van der Waals surface area (Å²) >= 11 is 6.19. The molecular formula is C18H27Cl. The molecule has 2 rings (SSSR count). The normalized spacial score (nSPS) is 25.2. The van der Waals surface area contributed by atoms with Gasteiger partial charge in [0, 0.05) is 5.38 Å². The van der Waals surface area contributed by atoms with Crippen molar-refractivity contribution in [2.75, 3.05) is 0 Å². The van der Waals surface area contributed by atoms with Crippen molar-refractivity contribution in [1.29, 1.82) is 0 Å². The van der Waals surface area contributed by atoms with Crippen LogP contribution in [0.1, 0.15) is 63.8 Å². The Morgan fingerprint density at radius 3 is 2.05 bits per heavy atom. The van der Waals surface area contributed by atoms with Crippen LogP contribution in [-0.4, -0.2) is 5.38 Å². The molecule has 0 fully saturated rings. The summed E-state index contributed by atoms with van der Waals surface area (Å²) in [5.41, 5.74) is 6.38. The minimum atomic E-state index is 0.201. The summed E-state index contributed by atoms with van der Waals surface area (Å²) in [6.07, 6.45) is 0.964. The fourth-order valence-corrected chi connectivity index (χ4v) is 3.88. The first-order valence-corrected chi connectivity index (χ1v) is 7.80. The zero-order chi connectivity index (χ0) is 14.6. The molecule has 1 aromatic rings. The summed E-state index contributed by atoms with van der Waals surface area (Å²) in [6.45, 7) is 16.2. The maximum absolute atomic E-state index is 6.19. The first-order valence-electron chi connectivity index (χ1n) is 7.37. The lowest BCUT2D eigenvalue weighted by Crippen LogP contribution is -2.30. The molecule has 1 aliphatic carbocycles. The van der Waals surface area contributed by atoms with Crippen molar-refractivity contribution in [3.05, 3.63) is 34.4 Å². The highest BCUT2D eigenvalue weighted by Gasteiger charge is 2.48. The fourth-order valence-electron chi connectivity index (χ4n) is 3.71. The van der Waals surface area contributed by atoms with Gasteiger partial charge in [0.2, 0.25) is 0 Å². The van der Waals surface area contributed by atoms with Crippen molar-refractivity contribution < 1.29 is 0 Å². The van der Waals surface area contributed by atoms with Gasteiger partial charge in [0.15, 0.2) is 0 Å². The molecule has 19 heavy (non-hydrogen) atoms. The molecule has 0 aliphatic heterocycles. The van der Waals surface area contributed by atoms with E-state index in [-0.39, 0.29) is 16.2 Å². The summed E-state index contributed by atoms with van der Waals surface area (Å²) in [7, 11) is 0. The average molecular weight is 279 g/mol. The predicted molar refractivity (Wildman–Crippen MR) is 85.4 cm³/mol. The summed E-state index contributed by atoms with van der Waals surface area (Å²) in [5, 5.41) is 0.201. The van der Waals surface area contributed by atoms with Crippen LogP contribution in [0.5, 0.6) is 0 Å². The van der Waals surface area contributed by atoms with Crippen LogP contribution in [0.15, 0.2) is 12.1 Å². The van der Waals surface area contributed by atoms with E-state index in [2.05, 4.69) is 60.6 Å². The Labute approximate surface area is 123 Å². The lowest BCUT2D eigenvalue weighted by atomic mass is 9.71. The first kappa shape index (κ1) is 14.9. The van der Waals surface area contributed by atoms with Gasteiger partial charge < -0.3 is 0 Å². The third kappa shape index (κ3) is 2.23. The number of aryl methyl sites for hydroxylation is 1. The highest BCUT2D eigenvalue weighted by atomic mass is 35.5. The van der Waals surface area contributed by atoms with Crippen LogP contribution >= 0.6 is 11.6 Å². The molecule has 0 heterocycles. The summed E-state index contributed by atoms with van der Waals surface area (Å²) in [4.78, 5) is 0. The second kappa shape index (κ2) is 4.52. The van der Waals surface area contributed by atoms with Crippen molar-refractivity contribution in [1.82, 2.24) is 0 Å². The van der Waals surface area contributed by atoms with Crippen LogP contribution in [0, 0.1) is 12.8 Å². The molecular weight excluding hydrogens is 252 g/mol. The number of hydrogen-bond donors (Lipinski definition) is 0. The zero-order valence-electron chi connectivity index (χ0n) is 13.4. The Balaban J connectivity index is 2.61. The van der Waals surface area contributed by atoms with E-state index in [1.165, 1.54) is 22.3 Å². The fraction of sp³-hybridized carbons (Fsp3) is 0.667. The SMILES string of the molecule is Cc1cc2c(cc1CC(C)Cl)C(C)(C)C(C)C2(C)C. The highest BCUT2D eigenvalue weighted by molar-refractivity contribution is 6.20.